The Morgan fingerprint density at radius 2 is 2.14 bits per heavy atom. The summed E-state index contributed by atoms with van der Waals surface area (Å²) in [5.74, 6) is -1.79. The van der Waals surface area contributed by atoms with Crippen LogP contribution in [0.25, 0.3) is 0 Å². The lowest BCUT2D eigenvalue weighted by Gasteiger charge is -2.18. The minimum Gasteiger partial charge on any atom is -0.481 e. The van der Waals surface area contributed by atoms with Gasteiger partial charge in [-0.1, -0.05) is 6.07 Å². The van der Waals surface area contributed by atoms with Crippen molar-refractivity contribution in [3.05, 3.63) is 22.4 Å². The minimum atomic E-state index is -3.20. The van der Waals surface area contributed by atoms with Gasteiger partial charge in [0.25, 0.3) is 0 Å². The molecule has 21 heavy (non-hydrogen) atoms. The molecular weight excluding hydrogens is 316 g/mol. The van der Waals surface area contributed by atoms with Crippen LogP contribution in [0.3, 0.4) is 0 Å². The van der Waals surface area contributed by atoms with Gasteiger partial charge in [-0.3, -0.25) is 9.59 Å². The van der Waals surface area contributed by atoms with Crippen molar-refractivity contribution in [2.24, 2.45) is 5.73 Å². The predicted molar refractivity (Wildman–Crippen MR) is 79.8 cm³/mol. The Morgan fingerprint density at radius 3 is 2.62 bits per heavy atom. The van der Waals surface area contributed by atoms with Crippen molar-refractivity contribution in [2.45, 2.75) is 24.9 Å². The second kappa shape index (κ2) is 7.53. The molecule has 7 nitrogen and oxygen atoms in total. The number of thiophene rings is 1. The van der Waals surface area contributed by atoms with Gasteiger partial charge in [-0.15, -0.1) is 11.3 Å². The van der Waals surface area contributed by atoms with Gasteiger partial charge in [0.15, 0.2) is 0 Å². The van der Waals surface area contributed by atoms with Crippen LogP contribution in [0.15, 0.2) is 17.5 Å². The van der Waals surface area contributed by atoms with Crippen molar-refractivity contribution in [3.63, 3.8) is 0 Å². The van der Waals surface area contributed by atoms with E-state index in [1.165, 1.54) is 11.3 Å². The Labute approximate surface area is 127 Å². The average molecular weight is 334 g/mol. The maximum absolute atomic E-state index is 11.9. The molecule has 1 aromatic rings. The second-order valence-electron chi connectivity index (χ2n) is 4.70. The third kappa shape index (κ3) is 6.69. The SMILES string of the molecule is CS(=O)(=O)CCC(N)C(=O)NC(CC(=O)O)c1cccs1. The zero-order valence-electron chi connectivity index (χ0n) is 11.5. The standard InChI is InChI=1S/C12H18N2O5S2/c1-21(18,19)6-4-8(13)12(17)14-9(7-11(15)16)10-3-2-5-20-10/h2-3,5,8-9H,4,6-7,13H2,1H3,(H,14,17)(H,15,16). The fraction of sp³-hybridized carbons (Fsp3) is 0.500. The largest absolute Gasteiger partial charge is 0.481 e. The van der Waals surface area contributed by atoms with Crippen LogP contribution in [0.1, 0.15) is 23.8 Å². The third-order valence-electron chi connectivity index (χ3n) is 2.72. The lowest BCUT2D eigenvalue weighted by molar-refractivity contribution is -0.137. The number of amides is 1. The molecule has 2 unspecified atom stereocenters. The molecule has 0 fully saturated rings. The van der Waals surface area contributed by atoms with Gasteiger partial charge in [0.05, 0.1) is 24.3 Å². The normalized spacial score (nSPS) is 14.4. The van der Waals surface area contributed by atoms with E-state index in [2.05, 4.69) is 5.32 Å². The molecule has 9 heteroatoms. The second-order valence-corrected chi connectivity index (χ2v) is 7.94. The lowest BCUT2D eigenvalue weighted by Crippen LogP contribution is -2.43. The molecule has 0 aliphatic carbocycles. The summed E-state index contributed by atoms with van der Waals surface area (Å²) in [4.78, 5) is 23.5. The maximum Gasteiger partial charge on any atom is 0.305 e. The summed E-state index contributed by atoms with van der Waals surface area (Å²) >= 11 is 1.33. The van der Waals surface area contributed by atoms with Crippen LogP contribution in [-0.2, 0) is 19.4 Å². The van der Waals surface area contributed by atoms with Crippen LogP contribution >= 0.6 is 11.3 Å². The van der Waals surface area contributed by atoms with E-state index in [-0.39, 0.29) is 18.6 Å². The zero-order valence-corrected chi connectivity index (χ0v) is 13.1. The van der Waals surface area contributed by atoms with Crippen molar-refractivity contribution < 1.29 is 23.1 Å². The molecule has 0 saturated heterocycles. The fourth-order valence-corrected chi connectivity index (χ4v) is 3.10. The summed E-state index contributed by atoms with van der Waals surface area (Å²) in [6.45, 7) is 0. The number of carbonyl (C=O) groups excluding carboxylic acids is 1. The Balaban J connectivity index is 2.65. The molecule has 1 heterocycles. The van der Waals surface area contributed by atoms with Crippen LogP contribution in [0.5, 0.6) is 0 Å². The summed E-state index contributed by atoms with van der Waals surface area (Å²) in [7, 11) is -3.20. The molecule has 118 valence electrons. The van der Waals surface area contributed by atoms with E-state index in [9.17, 15) is 18.0 Å². The number of carboxylic acids is 1. The number of carbonyl (C=O) groups is 2. The molecule has 4 N–H and O–H groups in total. The average Bonchev–Trinajstić information content (AvgIpc) is 2.87. The van der Waals surface area contributed by atoms with Crippen LogP contribution in [-0.4, -0.2) is 43.5 Å². The third-order valence-corrected chi connectivity index (χ3v) is 4.68. The number of aliphatic carboxylic acids is 1. The maximum atomic E-state index is 11.9. The Kier molecular flexibility index (Phi) is 6.31. The van der Waals surface area contributed by atoms with Gasteiger partial charge in [0.1, 0.15) is 9.84 Å². The van der Waals surface area contributed by atoms with E-state index in [0.29, 0.717) is 4.88 Å². The van der Waals surface area contributed by atoms with Crippen molar-refractivity contribution in [1.29, 1.82) is 0 Å². The molecule has 0 aromatic carbocycles. The van der Waals surface area contributed by atoms with Crippen LogP contribution in [0.2, 0.25) is 0 Å². The first-order valence-corrected chi connectivity index (χ1v) is 9.12. The van der Waals surface area contributed by atoms with Gasteiger partial charge in [0.2, 0.25) is 5.91 Å². The lowest BCUT2D eigenvalue weighted by atomic mass is 10.1. The van der Waals surface area contributed by atoms with Gasteiger partial charge < -0.3 is 16.2 Å². The summed E-state index contributed by atoms with van der Waals surface area (Å²) in [6.07, 6.45) is 0.802. The highest BCUT2D eigenvalue weighted by Gasteiger charge is 2.23. The quantitative estimate of drug-likeness (QED) is 0.621. The molecule has 0 spiro atoms. The number of hydrogen-bond donors (Lipinski definition) is 3. The van der Waals surface area contributed by atoms with Crippen molar-refractivity contribution in [3.8, 4) is 0 Å². The van der Waals surface area contributed by atoms with Crippen LogP contribution in [0.4, 0.5) is 0 Å². The van der Waals surface area contributed by atoms with E-state index in [1.54, 1.807) is 17.5 Å². The van der Waals surface area contributed by atoms with Crippen LogP contribution < -0.4 is 11.1 Å². The van der Waals surface area contributed by atoms with E-state index in [1.807, 2.05) is 0 Å². The van der Waals surface area contributed by atoms with E-state index in [4.69, 9.17) is 10.8 Å². The summed E-state index contributed by atoms with van der Waals surface area (Å²) in [5, 5.41) is 13.2. The Morgan fingerprint density at radius 1 is 1.48 bits per heavy atom. The molecule has 1 amide bonds. The first kappa shape index (κ1) is 17.6. The number of nitrogens with two attached hydrogens (primary N) is 1. The van der Waals surface area contributed by atoms with E-state index in [0.717, 1.165) is 6.26 Å². The molecular formula is C12H18N2O5S2. The van der Waals surface area contributed by atoms with Crippen molar-refractivity contribution in [2.75, 3.05) is 12.0 Å². The monoisotopic (exact) mass is 334 g/mol. The highest BCUT2D eigenvalue weighted by molar-refractivity contribution is 7.90. The smallest absolute Gasteiger partial charge is 0.305 e. The summed E-state index contributed by atoms with van der Waals surface area (Å²) in [5.41, 5.74) is 5.64. The molecule has 2 atom stereocenters. The molecule has 0 saturated carbocycles. The number of nitrogens with one attached hydrogen (secondary N) is 1. The van der Waals surface area contributed by atoms with E-state index >= 15 is 0 Å². The fourth-order valence-electron chi connectivity index (χ4n) is 1.64. The molecule has 0 aliphatic rings. The number of sulfone groups is 1. The number of hydrogen-bond acceptors (Lipinski definition) is 6. The minimum absolute atomic E-state index is 0.00506. The van der Waals surface area contributed by atoms with Gasteiger partial charge in [-0.05, 0) is 17.9 Å². The van der Waals surface area contributed by atoms with Gasteiger partial charge in [-0.2, -0.15) is 0 Å². The predicted octanol–water partition coefficient (Wildman–Crippen LogP) is 0.142. The van der Waals surface area contributed by atoms with E-state index < -0.39 is 33.8 Å². The number of rotatable bonds is 8. The molecule has 0 radical (unpaired) electrons. The van der Waals surface area contributed by atoms with Gasteiger partial charge in [-0.25, -0.2) is 8.42 Å². The zero-order chi connectivity index (χ0) is 16.0. The Hall–Kier alpha value is -1.45. The molecule has 1 aromatic heterocycles. The molecule has 0 aliphatic heterocycles. The Bertz CT molecular complexity index is 583. The number of carboxylic acid groups (broad SMARTS) is 1. The van der Waals surface area contributed by atoms with Crippen LogP contribution in [0, 0.1) is 0 Å². The van der Waals surface area contributed by atoms with Gasteiger partial charge >= 0.3 is 5.97 Å². The van der Waals surface area contributed by atoms with Gasteiger partial charge in [0, 0.05) is 11.1 Å². The van der Waals surface area contributed by atoms with Crippen molar-refractivity contribution >= 4 is 33.1 Å². The van der Waals surface area contributed by atoms with Crippen molar-refractivity contribution in [1.82, 2.24) is 5.32 Å². The topological polar surface area (TPSA) is 127 Å². The summed E-state index contributed by atoms with van der Waals surface area (Å²) in [6, 6.07) is 1.82. The molecule has 0 bridgehead atoms. The molecule has 1 rings (SSSR count). The summed E-state index contributed by atoms with van der Waals surface area (Å²) < 4.78 is 22.1. The highest BCUT2D eigenvalue weighted by atomic mass is 32.2. The first-order valence-electron chi connectivity index (χ1n) is 6.18. The first-order chi connectivity index (χ1) is 9.69. The highest BCUT2D eigenvalue weighted by Crippen LogP contribution is 2.22.